The molecule has 0 aromatic rings. The van der Waals surface area contributed by atoms with Crippen LogP contribution in [0, 0.1) is 0 Å². The third kappa shape index (κ3) is 6.89. The summed E-state index contributed by atoms with van der Waals surface area (Å²) in [4.78, 5) is 11.4. The maximum absolute atomic E-state index is 11.4. The fraction of sp³-hybridized carbons (Fsp3) is 0.909. The van der Waals surface area contributed by atoms with Crippen LogP contribution in [0.15, 0.2) is 0 Å². The second-order valence-electron chi connectivity index (χ2n) is 3.56. The number of rotatable bonds is 8. The maximum Gasteiger partial charge on any atom is 0.221 e. The molecule has 0 saturated heterocycles. The van der Waals surface area contributed by atoms with E-state index >= 15 is 0 Å². The van der Waals surface area contributed by atoms with Crippen molar-refractivity contribution in [3.8, 4) is 0 Å². The minimum Gasteiger partial charge on any atom is -0.353 e. The Kier molecular flexibility index (Phi) is 8.64. The molecule has 0 heterocycles. The molecule has 0 aliphatic carbocycles. The molecule has 0 aromatic heterocycles. The van der Waals surface area contributed by atoms with Crippen LogP contribution >= 0.6 is 0 Å². The van der Waals surface area contributed by atoms with Gasteiger partial charge in [0.15, 0.2) is 0 Å². The first kappa shape index (κ1) is 13.4. The summed E-state index contributed by atoms with van der Waals surface area (Å²) in [5.41, 5.74) is 0. The molecule has 2 N–H and O–H groups in total. The molecule has 0 radical (unpaired) electrons. The van der Waals surface area contributed by atoms with Gasteiger partial charge in [0, 0.05) is 19.0 Å². The molecule has 14 heavy (non-hydrogen) atoms. The molecular formula is C11H24N2O. The van der Waals surface area contributed by atoms with Gasteiger partial charge in [-0.25, -0.2) is 0 Å². The van der Waals surface area contributed by atoms with E-state index < -0.39 is 0 Å². The minimum atomic E-state index is 0.172. The number of carbonyl (C=O) groups excluding carboxylic acids is 1. The van der Waals surface area contributed by atoms with Gasteiger partial charge in [-0.1, -0.05) is 27.2 Å². The van der Waals surface area contributed by atoms with Crippen LogP contribution in [0.5, 0.6) is 0 Å². The second kappa shape index (κ2) is 9.00. The molecule has 0 saturated carbocycles. The highest BCUT2D eigenvalue weighted by atomic mass is 16.1. The zero-order chi connectivity index (χ0) is 10.8. The molecule has 84 valence electrons. The van der Waals surface area contributed by atoms with Crippen LogP contribution in [0.3, 0.4) is 0 Å². The van der Waals surface area contributed by atoms with Crippen LogP contribution in [-0.2, 0) is 4.79 Å². The molecular weight excluding hydrogens is 176 g/mol. The Morgan fingerprint density at radius 3 is 2.50 bits per heavy atom. The van der Waals surface area contributed by atoms with E-state index in [-0.39, 0.29) is 5.91 Å². The van der Waals surface area contributed by atoms with Crippen molar-refractivity contribution in [2.45, 2.75) is 52.5 Å². The molecule has 0 aromatic carbocycles. The van der Waals surface area contributed by atoms with E-state index in [1.807, 2.05) is 6.92 Å². The smallest absolute Gasteiger partial charge is 0.221 e. The first-order valence-electron chi connectivity index (χ1n) is 5.74. The van der Waals surface area contributed by atoms with E-state index in [0.29, 0.717) is 12.5 Å². The fourth-order valence-electron chi connectivity index (χ4n) is 1.41. The van der Waals surface area contributed by atoms with E-state index in [0.717, 1.165) is 32.4 Å². The monoisotopic (exact) mass is 200 g/mol. The van der Waals surface area contributed by atoms with Crippen molar-refractivity contribution >= 4 is 5.91 Å². The van der Waals surface area contributed by atoms with Crippen LogP contribution < -0.4 is 10.6 Å². The standard InChI is InChI=1S/C11H24N2O/c1-4-7-10(5-2)13-11(14)8-9-12-6-3/h10,12H,4-9H2,1-3H3,(H,13,14). The van der Waals surface area contributed by atoms with Crippen molar-refractivity contribution in [2.75, 3.05) is 13.1 Å². The van der Waals surface area contributed by atoms with Crippen molar-refractivity contribution in [3.05, 3.63) is 0 Å². The van der Waals surface area contributed by atoms with Gasteiger partial charge in [-0.3, -0.25) is 4.79 Å². The fourth-order valence-corrected chi connectivity index (χ4v) is 1.41. The van der Waals surface area contributed by atoms with E-state index in [4.69, 9.17) is 0 Å². The van der Waals surface area contributed by atoms with E-state index in [1.54, 1.807) is 0 Å². The Morgan fingerprint density at radius 2 is 2.00 bits per heavy atom. The van der Waals surface area contributed by atoms with Gasteiger partial charge in [-0.2, -0.15) is 0 Å². The molecule has 0 fully saturated rings. The number of nitrogens with one attached hydrogen (secondary N) is 2. The average Bonchev–Trinajstić information content (AvgIpc) is 2.17. The van der Waals surface area contributed by atoms with Gasteiger partial charge in [-0.15, -0.1) is 0 Å². The van der Waals surface area contributed by atoms with Gasteiger partial charge in [-0.05, 0) is 19.4 Å². The second-order valence-corrected chi connectivity index (χ2v) is 3.56. The molecule has 1 amide bonds. The van der Waals surface area contributed by atoms with E-state index in [1.165, 1.54) is 0 Å². The topological polar surface area (TPSA) is 41.1 Å². The first-order chi connectivity index (χ1) is 6.74. The van der Waals surface area contributed by atoms with Crippen molar-refractivity contribution < 1.29 is 4.79 Å². The number of amides is 1. The zero-order valence-corrected chi connectivity index (χ0v) is 9.73. The van der Waals surface area contributed by atoms with E-state index in [2.05, 4.69) is 24.5 Å². The van der Waals surface area contributed by atoms with Crippen molar-refractivity contribution in [1.29, 1.82) is 0 Å². The van der Waals surface area contributed by atoms with Gasteiger partial charge in [0.1, 0.15) is 0 Å². The Labute approximate surface area is 87.6 Å². The summed E-state index contributed by atoms with van der Waals surface area (Å²) in [6.07, 6.45) is 3.84. The lowest BCUT2D eigenvalue weighted by molar-refractivity contribution is -0.121. The number of carbonyl (C=O) groups is 1. The summed E-state index contributed by atoms with van der Waals surface area (Å²) in [6, 6.07) is 0.370. The maximum atomic E-state index is 11.4. The van der Waals surface area contributed by atoms with Crippen molar-refractivity contribution in [2.24, 2.45) is 0 Å². The highest BCUT2D eigenvalue weighted by Gasteiger charge is 2.08. The van der Waals surface area contributed by atoms with Crippen molar-refractivity contribution in [1.82, 2.24) is 10.6 Å². The molecule has 0 spiro atoms. The van der Waals surface area contributed by atoms with Crippen LogP contribution in [0.2, 0.25) is 0 Å². The molecule has 3 heteroatoms. The zero-order valence-electron chi connectivity index (χ0n) is 9.73. The van der Waals surface area contributed by atoms with Gasteiger partial charge < -0.3 is 10.6 Å². The minimum absolute atomic E-state index is 0.172. The molecule has 0 aliphatic rings. The summed E-state index contributed by atoms with van der Waals surface area (Å²) in [6.45, 7) is 8.02. The average molecular weight is 200 g/mol. The lowest BCUT2D eigenvalue weighted by Crippen LogP contribution is -2.35. The number of hydrogen-bond donors (Lipinski definition) is 2. The molecule has 3 nitrogen and oxygen atoms in total. The predicted molar refractivity (Wildman–Crippen MR) is 60.3 cm³/mol. The van der Waals surface area contributed by atoms with Gasteiger partial charge in [0.25, 0.3) is 0 Å². The third-order valence-corrected chi connectivity index (χ3v) is 2.27. The Balaban J connectivity index is 3.56. The first-order valence-corrected chi connectivity index (χ1v) is 5.74. The van der Waals surface area contributed by atoms with Crippen LogP contribution in [0.4, 0.5) is 0 Å². The quantitative estimate of drug-likeness (QED) is 0.585. The lowest BCUT2D eigenvalue weighted by atomic mass is 10.1. The van der Waals surface area contributed by atoms with Gasteiger partial charge in [0.2, 0.25) is 5.91 Å². The van der Waals surface area contributed by atoms with Crippen LogP contribution in [-0.4, -0.2) is 25.0 Å². The largest absolute Gasteiger partial charge is 0.353 e. The third-order valence-electron chi connectivity index (χ3n) is 2.27. The Bertz CT molecular complexity index is 148. The predicted octanol–water partition coefficient (Wildman–Crippen LogP) is 1.68. The SMILES string of the molecule is CCCC(CC)NC(=O)CCNCC. The summed E-state index contributed by atoms with van der Waals surface area (Å²) in [5, 5.41) is 6.19. The summed E-state index contributed by atoms with van der Waals surface area (Å²) in [5.74, 6) is 0.172. The molecule has 0 bridgehead atoms. The summed E-state index contributed by atoms with van der Waals surface area (Å²) < 4.78 is 0. The van der Waals surface area contributed by atoms with Gasteiger partial charge in [0.05, 0.1) is 0 Å². The number of hydrogen-bond acceptors (Lipinski definition) is 2. The van der Waals surface area contributed by atoms with Gasteiger partial charge >= 0.3 is 0 Å². The summed E-state index contributed by atoms with van der Waals surface area (Å²) in [7, 11) is 0. The highest BCUT2D eigenvalue weighted by molar-refractivity contribution is 5.76. The molecule has 1 atom stereocenters. The summed E-state index contributed by atoms with van der Waals surface area (Å²) >= 11 is 0. The molecule has 1 unspecified atom stereocenters. The van der Waals surface area contributed by atoms with E-state index in [9.17, 15) is 4.79 Å². The van der Waals surface area contributed by atoms with Crippen LogP contribution in [0.25, 0.3) is 0 Å². The molecule has 0 rings (SSSR count). The Hall–Kier alpha value is -0.570. The molecule has 0 aliphatic heterocycles. The lowest BCUT2D eigenvalue weighted by Gasteiger charge is -2.15. The normalized spacial score (nSPS) is 12.5. The van der Waals surface area contributed by atoms with Crippen LogP contribution in [0.1, 0.15) is 46.5 Å². The Morgan fingerprint density at radius 1 is 1.29 bits per heavy atom. The van der Waals surface area contributed by atoms with Crippen molar-refractivity contribution in [3.63, 3.8) is 0 Å². The highest BCUT2D eigenvalue weighted by Crippen LogP contribution is 2.00.